The van der Waals surface area contributed by atoms with Crippen LogP contribution in [0.3, 0.4) is 0 Å². The van der Waals surface area contributed by atoms with Crippen LogP contribution in [0.2, 0.25) is 0 Å². The van der Waals surface area contributed by atoms with E-state index in [2.05, 4.69) is 9.97 Å². The van der Waals surface area contributed by atoms with Crippen molar-refractivity contribution in [2.45, 2.75) is 18.6 Å². The van der Waals surface area contributed by atoms with E-state index in [0.29, 0.717) is 11.0 Å². The molecule has 1 aromatic heterocycles. The molecule has 1 atom stereocenters. The van der Waals surface area contributed by atoms with Gasteiger partial charge in [-0.3, -0.25) is 9.36 Å². The molecular formula is C16H16N3O5P. The molecule has 0 amide bonds. The largest absolute Gasteiger partial charge is 0.480 e. The second-order valence-electron chi connectivity index (χ2n) is 5.78. The SMILES string of the molecule is NC(Cc1nc2cc3ccccc3cc2nc1CP(=O)(O)O)C(=O)O. The predicted octanol–water partition coefficient (Wildman–Crippen LogP) is 1.42. The van der Waals surface area contributed by atoms with E-state index < -0.39 is 25.8 Å². The zero-order chi connectivity index (χ0) is 18.2. The van der Waals surface area contributed by atoms with Gasteiger partial charge in [0, 0.05) is 6.42 Å². The van der Waals surface area contributed by atoms with Crippen molar-refractivity contribution in [2.75, 3.05) is 0 Å². The van der Waals surface area contributed by atoms with E-state index in [0.717, 1.165) is 10.8 Å². The fraction of sp³-hybridized carbons (Fsp3) is 0.188. The monoisotopic (exact) mass is 361 g/mol. The van der Waals surface area contributed by atoms with Crippen LogP contribution in [0.5, 0.6) is 0 Å². The number of carboxylic acid groups (broad SMARTS) is 1. The molecule has 1 heterocycles. The van der Waals surface area contributed by atoms with Crippen LogP contribution in [0.15, 0.2) is 36.4 Å². The van der Waals surface area contributed by atoms with Gasteiger partial charge in [-0.15, -0.1) is 0 Å². The summed E-state index contributed by atoms with van der Waals surface area (Å²) in [6, 6.07) is 9.90. The summed E-state index contributed by atoms with van der Waals surface area (Å²) >= 11 is 0. The number of rotatable bonds is 5. The molecular weight excluding hydrogens is 345 g/mol. The lowest BCUT2D eigenvalue weighted by molar-refractivity contribution is -0.138. The molecule has 1 unspecified atom stereocenters. The van der Waals surface area contributed by atoms with Gasteiger partial charge >= 0.3 is 13.6 Å². The van der Waals surface area contributed by atoms with E-state index in [1.54, 1.807) is 12.1 Å². The second kappa shape index (κ2) is 6.50. The van der Waals surface area contributed by atoms with Gasteiger partial charge in [-0.1, -0.05) is 24.3 Å². The van der Waals surface area contributed by atoms with Gasteiger partial charge in [-0.25, -0.2) is 9.97 Å². The maximum Gasteiger partial charge on any atom is 0.331 e. The number of carboxylic acids is 1. The normalized spacial score (nSPS) is 13.2. The Labute approximate surface area is 142 Å². The molecule has 5 N–H and O–H groups in total. The number of nitrogens with two attached hydrogens (primary N) is 1. The lowest BCUT2D eigenvalue weighted by atomic mass is 10.1. The minimum atomic E-state index is -4.40. The fourth-order valence-corrected chi connectivity index (χ4v) is 3.24. The van der Waals surface area contributed by atoms with Crippen molar-refractivity contribution in [3.63, 3.8) is 0 Å². The molecule has 0 aliphatic rings. The number of nitrogens with zero attached hydrogens (tertiary/aromatic N) is 2. The van der Waals surface area contributed by atoms with Crippen molar-refractivity contribution in [3.05, 3.63) is 47.8 Å². The quantitative estimate of drug-likeness (QED) is 0.394. The van der Waals surface area contributed by atoms with Crippen LogP contribution < -0.4 is 5.73 Å². The highest BCUT2D eigenvalue weighted by atomic mass is 31.2. The van der Waals surface area contributed by atoms with Gasteiger partial charge in [-0.05, 0) is 22.9 Å². The maximum absolute atomic E-state index is 11.4. The molecule has 130 valence electrons. The molecule has 8 nitrogen and oxygen atoms in total. The van der Waals surface area contributed by atoms with Crippen molar-refractivity contribution in [3.8, 4) is 0 Å². The Kier molecular flexibility index (Phi) is 4.53. The first kappa shape index (κ1) is 17.4. The zero-order valence-corrected chi connectivity index (χ0v) is 13.9. The first-order chi connectivity index (χ1) is 11.7. The molecule has 0 saturated heterocycles. The molecule has 25 heavy (non-hydrogen) atoms. The third-order valence-corrected chi connectivity index (χ3v) is 4.48. The lowest BCUT2D eigenvalue weighted by Gasteiger charge is -2.13. The lowest BCUT2D eigenvalue weighted by Crippen LogP contribution is -2.33. The Balaban J connectivity index is 2.18. The summed E-state index contributed by atoms with van der Waals surface area (Å²) < 4.78 is 11.4. The van der Waals surface area contributed by atoms with E-state index in [9.17, 15) is 19.1 Å². The Morgan fingerprint density at radius 3 is 2.08 bits per heavy atom. The van der Waals surface area contributed by atoms with Crippen LogP contribution in [0.1, 0.15) is 11.4 Å². The maximum atomic E-state index is 11.4. The molecule has 3 rings (SSSR count). The summed E-state index contributed by atoms with van der Waals surface area (Å²) in [5.74, 6) is -1.22. The van der Waals surface area contributed by atoms with Crippen LogP contribution in [-0.2, 0) is 21.9 Å². The number of aromatic nitrogens is 2. The standard InChI is InChI=1S/C16H16N3O5P/c17-11(16(20)21)7-14-15(8-25(22,23)24)19-13-6-10-4-2-1-3-9(10)5-12(13)18-14/h1-6,11H,7-8,17H2,(H,20,21)(H2,22,23,24). The predicted molar refractivity (Wildman–Crippen MR) is 92.1 cm³/mol. The van der Waals surface area contributed by atoms with Gasteiger partial charge in [0.2, 0.25) is 0 Å². The van der Waals surface area contributed by atoms with Gasteiger partial charge in [0.25, 0.3) is 0 Å². The number of benzene rings is 2. The van der Waals surface area contributed by atoms with E-state index in [4.69, 9.17) is 10.8 Å². The van der Waals surface area contributed by atoms with Gasteiger partial charge < -0.3 is 20.6 Å². The van der Waals surface area contributed by atoms with Crippen LogP contribution in [-0.4, -0.2) is 36.9 Å². The molecule has 3 aromatic rings. The molecule has 0 bridgehead atoms. The van der Waals surface area contributed by atoms with Gasteiger partial charge in [0.1, 0.15) is 6.04 Å². The highest BCUT2D eigenvalue weighted by Crippen LogP contribution is 2.39. The van der Waals surface area contributed by atoms with Crippen molar-refractivity contribution in [2.24, 2.45) is 5.73 Å². The van der Waals surface area contributed by atoms with Crippen LogP contribution in [0.25, 0.3) is 21.8 Å². The summed E-state index contributed by atoms with van der Waals surface area (Å²) in [7, 11) is -4.40. The minimum absolute atomic E-state index is 0.0628. The smallest absolute Gasteiger partial charge is 0.331 e. The third-order valence-electron chi connectivity index (χ3n) is 3.77. The number of hydrogen-bond donors (Lipinski definition) is 4. The Bertz CT molecular complexity index is 1020. The Morgan fingerprint density at radius 1 is 1.08 bits per heavy atom. The summed E-state index contributed by atoms with van der Waals surface area (Å²) in [5, 5.41) is 10.8. The summed E-state index contributed by atoms with van der Waals surface area (Å²) in [6.45, 7) is 0. The number of fused-ring (bicyclic) bond motifs is 2. The molecule has 9 heteroatoms. The van der Waals surface area contributed by atoms with Crippen molar-refractivity contribution >= 4 is 35.4 Å². The highest BCUT2D eigenvalue weighted by Gasteiger charge is 2.23. The number of hydrogen-bond acceptors (Lipinski definition) is 5. The van der Waals surface area contributed by atoms with Gasteiger partial charge in [-0.2, -0.15) is 0 Å². The Morgan fingerprint density at radius 2 is 1.60 bits per heavy atom. The highest BCUT2D eigenvalue weighted by molar-refractivity contribution is 7.50. The van der Waals surface area contributed by atoms with E-state index >= 15 is 0 Å². The molecule has 0 aliphatic heterocycles. The molecule has 0 spiro atoms. The first-order valence-electron chi connectivity index (χ1n) is 7.44. The molecule has 0 fully saturated rings. The Hall–Kier alpha value is -2.38. The second-order valence-corrected chi connectivity index (χ2v) is 7.42. The summed E-state index contributed by atoms with van der Waals surface area (Å²) in [5.41, 5.74) is 6.79. The van der Waals surface area contributed by atoms with Crippen LogP contribution in [0, 0.1) is 0 Å². The van der Waals surface area contributed by atoms with Crippen molar-refractivity contribution in [1.29, 1.82) is 0 Å². The van der Waals surface area contributed by atoms with Gasteiger partial charge in [0.15, 0.2) is 0 Å². The zero-order valence-electron chi connectivity index (χ0n) is 13.0. The average molecular weight is 361 g/mol. The molecule has 2 aromatic carbocycles. The summed E-state index contributed by atoms with van der Waals surface area (Å²) in [6.07, 6.45) is -0.787. The van der Waals surface area contributed by atoms with Crippen LogP contribution in [0.4, 0.5) is 0 Å². The third kappa shape index (κ3) is 4.00. The topological polar surface area (TPSA) is 147 Å². The average Bonchev–Trinajstić information content (AvgIpc) is 2.52. The van der Waals surface area contributed by atoms with E-state index in [-0.39, 0.29) is 17.8 Å². The minimum Gasteiger partial charge on any atom is -0.480 e. The number of aliphatic carboxylic acids is 1. The fourth-order valence-electron chi connectivity index (χ4n) is 2.60. The van der Waals surface area contributed by atoms with Crippen molar-refractivity contribution in [1.82, 2.24) is 9.97 Å². The molecule has 0 aliphatic carbocycles. The van der Waals surface area contributed by atoms with Gasteiger partial charge in [0.05, 0.1) is 28.6 Å². The number of carbonyl (C=O) groups is 1. The first-order valence-corrected chi connectivity index (χ1v) is 9.24. The molecule has 0 radical (unpaired) electrons. The van der Waals surface area contributed by atoms with Crippen LogP contribution >= 0.6 is 7.60 Å². The molecule has 0 saturated carbocycles. The van der Waals surface area contributed by atoms with E-state index in [1.165, 1.54) is 0 Å². The van der Waals surface area contributed by atoms with E-state index in [1.807, 2.05) is 24.3 Å². The summed E-state index contributed by atoms with van der Waals surface area (Å²) in [4.78, 5) is 38.3. The van der Waals surface area contributed by atoms with Crippen molar-refractivity contribution < 1.29 is 24.3 Å².